The van der Waals surface area contributed by atoms with E-state index >= 15 is 0 Å². The molecular formula is C16H18N2O2. The van der Waals surface area contributed by atoms with Crippen molar-refractivity contribution in [2.75, 3.05) is 18.2 Å². The van der Waals surface area contributed by atoms with Gasteiger partial charge in [-0.15, -0.1) is 0 Å². The zero-order chi connectivity index (χ0) is 14.5. The van der Waals surface area contributed by atoms with Gasteiger partial charge < -0.3 is 15.8 Å². The molecular weight excluding hydrogens is 252 g/mol. The predicted octanol–water partition coefficient (Wildman–Crippen LogP) is 2.98. The van der Waals surface area contributed by atoms with E-state index in [0.717, 1.165) is 5.56 Å². The van der Waals surface area contributed by atoms with Crippen LogP contribution in [0.15, 0.2) is 42.5 Å². The molecule has 0 fully saturated rings. The number of ether oxygens (including phenoxy) is 1. The summed E-state index contributed by atoms with van der Waals surface area (Å²) in [4.78, 5) is 11.7. The Bertz CT molecular complexity index is 606. The van der Waals surface area contributed by atoms with E-state index in [9.17, 15) is 4.79 Å². The minimum absolute atomic E-state index is 0.399. The Hall–Kier alpha value is -2.49. The number of carbonyl (C=O) groups excluding carboxylic acids is 1. The largest absolute Gasteiger partial charge is 0.465 e. The summed E-state index contributed by atoms with van der Waals surface area (Å²) in [6, 6.07) is 13.4. The highest BCUT2D eigenvalue weighted by atomic mass is 16.5. The molecule has 0 saturated carbocycles. The summed E-state index contributed by atoms with van der Waals surface area (Å²) in [5.74, 6) is -0.399. The zero-order valence-corrected chi connectivity index (χ0v) is 11.6. The molecule has 0 aliphatic rings. The molecule has 0 amide bonds. The molecule has 0 bridgehead atoms. The van der Waals surface area contributed by atoms with Crippen LogP contribution in [0.1, 0.15) is 21.5 Å². The Morgan fingerprint density at radius 3 is 2.55 bits per heavy atom. The fourth-order valence-corrected chi connectivity index (χ4v) is 1.90. The standard InChI is InChI=1S/C16H18N2O2/c1-11-3-5-12(6-4-11)10-18-15-8-7-13(17)9-14(15)16(19)20-2/h3-9,18H,10,17H2,1-2H3. The minimum Gasteiger partial charge on any atom is -0.465 e. The van der Waals surface area contributed by atoms with E-state index in [0.29, 0.717) is 23.5 Å². The van der Waals surface area contributed by atoms with Crippen LogP contribution in [-0.4, -0.2) is 13.1 Å². The fraction of sp³-hybridized carbons (Fsp3) is 0.188. The van der Waals surface area contributed by atoms with Gasteiger partial charge in [-0.2, -0.15) is 0 Å². The van der Waals surface area contributed by atoms with Crippen molar-refractivity contribution in [2.24, 2.45) is 0 Å². The highest BCUT2D eigenvalue weighted by Gasteiger charge is 2.12. The number of hydrogen-bond acceptors (Lipinski definition) is 4. The number of benzene rings is 2. The lowest BCUT2D eigenvalue weighted by Crippen LogP contribution is -2.09. The van der Waals surface area contributed by atoms with Crippen LogP contribution in [0.3, 0.4) is 0 Å². The van der Waals surface area contributed by atoms with E-state index in [-0.39, 0.29) is 0 Å². The number of nitrogens with two attached hydrogens (primary N) is 1. The van der Waals surface area contributed by atoms with Gasteiger partial charge in [-0.3, -0.25) is 0 Å². The minimum atomic E-state index is -0.399. The van der Waals surface area contributed by atoms with Gasteiger partial charge in [0.05, 0.1) is 12.7 Å². The van der Waals surface area contributed by atoms with Crippen molar-refractivity contribution in [3.63, 3.8) is 0 Å². The maximum Gasteiger partial charge on any atom is 0.340 e. The predicted molar refractivity (Wildman–Crippen MR) is 80.7 cm³/mol. The van der Waals surface area contributed by atoms with E-state index < -0.39 is 5.97 Å². The van der Waals surface area contributed by atoms with Gasteiger partial charge >= 0.3 is 5.97 Å². The van der Waals surface area contributed by atoms with Gasteiger partial charge in [0, 0.05) is 17.9 Å². The van der Waals surface area contributed by atoms with Crippen molar-refractivity contribution in [1.82, 2.24) is 0 Å². The van der Waals surface area contributed by atoms with E-state index in [2.05, 4.69) is 29.6 Å². The monoisotopic (exact) mass is 270 g/mol. The Kier molecular flexibility index (Phi) is 4.25. The first-order valence-corrected chi connectivity index (χ1v) is 6.37. The first-order chi connectivity index (χ1) is 9.60. The Labute approximate surface area is 118 Å². The maximum absolute atomic E-state index is 11.7. The molecule has 0 radical (unpaired) electrons. The fourth-order valence-electron chi connectivity index (χ4n) is 1.90. The molecule has 0 unspecified atom stereocenters. The number of rotatable bonds is 4. The number of nitrogens with one attached hydrogen (secondary N) is 1. The summed E-state index contributed by atoms with van der Waals surface area (Å²) in [5, 5.41) is 3.24. The van der Waals surface area contributed by atoms with Gasteiger partial charge in [-0.25, -0.2) is 4.79 Å². The van der Waals surface area contributed by atoms with Crippen molar-refractivity contribution in [2.45, 2.75) is 13.5 Å². The van der Waals surface area contributed by atoms with E-state index in [1.54, 1.807) is 18.2 Å². The van der Waals surface area contributed by atoms with Gasteiger partial charge in [0.2, 0.25) is 0 Å². The molecule has 0 aliphatic heterocycles. The summed E-state index contributed by atoms with van der Waals surface area (Å²) >= 11 is 0. The lowest BCUT2D eigenvalue weighted by molar-refractivity contribution is 0.0602. The van der Waals surface area contributed by atoms with Crippen LogP contribution in [0, 0.1) is 6.92 Å². The molecule has 104 valence electrons. The summed E-state index contributed by atoms with van der Waals surface area (Å²) in [7, 11) is 1.36. The molecule has 0 atom stereocenters. The number of carbonyl (C=O) groups is 1. The van der Waals surface area contributed by atoms with Gasteiger partial charge in [-0.05, 0) is 30.7 Å². The highest BCUT2D eigenvalue weighted by Crippen LogP contribution is 2.20. The van der Waals surface area contributed by atoms with Crippen LogP contribution in [-0.2, 0) is 11.3 Å². The number of aryl methyl sites for hydroxylation is 1. The summed E-state index contributed by atoms with van der Waals surface area (Å²) in [6.45, 7) is 2.68. The van der Waals surface area contributed by atoms with Crippen LogP contribution < -0.4 is 11.1 Å². The molecule has 0 aromatic heterocycles. The van der Waals surface area contributed by atoms with Gasteiger partial charge in [0.15, 0.2) is 0 Å². The molecule has 2 rings (SSSR count). The quantitative estimate of drug-likeness (QED) is 0.662. The van der Waals surface area contributed by atoms with Crippen LogP contribution in [0.25, 0.3) is 0 Å². The third-order valence-electron chi connectivity index (χ3n) is 3.05. The smallest absolute Gasteiger partial charge is 0.340 e. The third kappa shape index (κ3) is 3.29. The van der Waals surface area contributed by atoms with Crippen LogP contribution in [0.4, 0.5) is 11.4 Å². The topological polar surface area (TPSA) is 64.3 Å². The number of esters is 1. The Balaban J connectivity index is 2.16. The van der Waals surface area contributed by atoms with Gasteiger partial charge in [0.1, 0.15) is 0 Å². The van der Waals surface area contributed by atoms with Crippen molar-refractivity contribution in [3.8, 4) is 0 Å². The first kappa shape index (κ1) is 13.9. The summed E-state index contributed by atoms with van der Waals surface area (Å²) in [5.41, 5.74) is 9.76. The molecule has 0 heterocycles. The number of nitrogen functional groups attached to an aromatic ring is 1. The van der Waals surface area contributed by atoms with Crippen molar-refractivity contribution >= 4 is 17.3 Å². The first-order valence-electron chi connectivity index (χ1n) is 6.37. The molecule has 2 aromatic rings. The SMILES string of the molecule is COC(=O)c1cc(N)ccc1NCc1ccc(C)cc1. The molecule has 4 nitrogen and oxygen atoms in total. The van der Waals surface area contributed by atoms with E-state index in [1.165, 1.54) is 12.7 Å². The maximum atomic E-state index is 11.7. The van der Waals surface area contributed by atoms with Crippen LogP contribution in [0.5, 0.6) is 0 Å². The molecule has 20 heavy (non-hydrogen) atoms. The van der Waals surface area contributed by atoms with Gasteiger partial charge in [0.25, 0.3) is 0 Å². The second-order valence-electron chi connectivity index (χ2n) is 4.64. The zero-order valence-electron chi connectivity index (χ0n) is 11.6. The number of methoxy groups -OCH3 is 1. The molecule has 0 aliphatic carbocycles. The summed E-state index contributed by atoms with van der Waals surface area (Å²) < 4.78 is 4.77. The molecule has 3 N–H and O–H groups in total. The number of hydrogen-bond donors (Lipinski definition) is 2. The van der Waals surface area contributed by atoms with E-state index in [4.69, 9.17) is 10.5 Å². The highest BCUT2D eigenvalue weighted by molar-refractivity contribution is 5.96. The lowest BCUT2D eigenvalue weighted by atomic mass is 10.1. The second kappa shape index (κ2) is 6.10. The van der Waals surface area contributed by atoms with Crippen molar-refractivity contribution in [1.29, 1.82) is 0 Å². The Morgan fingerprint density at radius 2 is 1.90 bits per heavy atom. The van der Waals surface area contributed by atoms with Crippen LogP contribution >= 0.6 is 0 Å². The lowest BCUT2D eigenvalue weighted by Gasteiger charge is -2.11. The average Bonchev–Trinajstić information content (AvgIpc) is 2.46. The Morgan fingerprint density at radius 1 is 1.20 bits per heavy atom. The molecule has 0 spiro atoms. The molecule has 2 aromatic carbocycles. The molecule has 4 heteroatoms. The second-order valence-corrected chi connectivity index (χ2v) is 4.64. The van der Waals surface area contributed by atoms with Crippen molar-refractivity contribution in [3.05, 3.63) is 59.2 Å². The van der Waals surface area contributed by atoms with Crippen molar-refractivity contribution < 1.29 is 9.53 Å². The van der Waals surface area contributed by atoms with Crippen LogP contribution in [0.2, 0.25) is 0 Å². The normalized spacial score (nSPS) is 10.1. The van der Waals surface area contributed by atoms with Gasteiger partial charge in [-0.1, -0.05) is 29.8 Å². The third-order valence-corrected chi connectivity index (χ3v) is 3.05. The van der Waals surface area contributed by atoms with E-state index in [1.807, 2.05) is 6.92 Å². The average molecular weight is 270 g/mol. The summed E-state index contributed by atoms with van der Waals surface area (Å²) in [6.07, 6.45) is 0. The molecule has 0 saturated heterocycles. The number of anilines is 2.